The van der Waals surface area contributed by atoms with Gasteiger partial charge in [0.05, 0.1) is 5.56 Å². The van der Waals surface area contributed by atoms with Gasteiger partial charge >= 0.3 is 0 Å². The van der Waals surface area contributed by atoms with Gasteiger partial charge in [-0.15, -0.1) is 11.3 Å². The predicted octanol–water partition coefficient (Wildman–Crippen LogP) is 3.91. The second-order valence-corrected chi connectivity index (χ2v) is 10.0. The number of fused-ring (bicyclic) bond motifs is 2. The van der Waals surface area contributed by atoms with E-state index in [-0.39, 0.29) is 27.9 Å². The molecule has 3 N–H and O–H groups in total. The molecule has 0 bridgehead atoms. The van der Waals surface area contributed by atoms with E-state index in [0.29, 0.717) is 34.3 Å². The second-order valence-electron chi connectivity index (χ2n) is 8.92. The molecule has 3 heterocycles. The van der Waals surface area contributed by atoms with Crippen LogP contribution in [-0.4, -0.2) is 38.3 Å². The third-order valence-corrected chi connectivity index (χ3v) is 7.67. The lowest BCUT2D eigenvalue weighted by molar-refractivity contribution is -0.117. The maximum atomic E-state index is 13.2. The highest BCUT2D eigenvalue weighted by atomic mass is 32.1. The van der Waals surface area contributed by atoms with Crippen LogP contribution >= 0.6 is 11.3 Å². The molecule has 1 unspecified atom stereocenters. The van der Waals surface area contributed by atoms with Gasteiger partial charge in [-0.3, -0.25) is 9.59 Å². The number of hydrogen-bond acceptors (Lipinski definition) is 6. The molecule has 0 saturated heterocycles. The van der Waals surface area contributed by atoms with Crippen molar-refractivity contribution in [2.45, 2.75) is 50.9 Å². The second kappa shape index (κ2) is 7.40. The maximum Gasteiger partial charge on any atom is 0.254 e. The molecule has 6 rings (SSSR count). The minimum Gasteiger partial charge on any atom is -0.352 e. The van der Waals surface area contributed by atoms with Crippen molar-refractivity contribution in [3.63, 3.8) is 0 Å². The molecule has 8 nitrogen and oxygen atoms in total. The molecule has 2 amide bonds. The first-order valence-electron chi connectivity index (χ1n) is 11.1. The van der Waals surface area contributed by atoms with Crippen LogP contribution in [0.1, 0.15) is 68.9 Å². The van der Waals surface area contributed by atoms with Crippen LogP contribution in [-0.2, 0) is 17.6 Å². The summed E-state index contributed by atoms with van der Waals surface area (Å²) in [4.78, 5) is 43.4. The molecule has 2 saturated carbocycles. The normalized spacial score (nSPS) is 20.5. The van der Waals surface area contributed by atoms with Gasteiger partial charge in [-0.05, 0) is 56.4 Å². The number of aryl methyl sites for hydroxylation is 1. The van der Waals surface area contributed by atoms with Crippen molar-refractivity contribution in [2.24, 2.45) is 11.8 Å². The van der Waals surface area contributed by atoms with Crippen molar-refractivity contribution >= 4 is 39.4 Å². The van der Waals surface area contributed by atoms with Gasteiger partial charge < -0.3 is 15.6 Å². The minimum atomic E-state index is -0.0657. The van der Waals surface area contributed by atoms with Gasteiger partial charge in [0.1, 0.15) is 10.8 Å². The summed E-state index contributed by atoms with van der Waals surface area (Å²) in [5.74, 6) is 1.71. The number of H-pyrrole nitrogens is 1. The van der Waals surface area contributed by atoms with Gasteiger partial charge in [-0.2, -0.15) is 0 Å². The largest absolute Gasteiger partial charge is 0.352 e. The molecule has 2 fully saturated rings. The number of nitrogens with one attached hydrogen (secondary N) is 3. The van der Waals surface area contributed by atoms with Gasteiger partial charge in [0.2, 0.25) is 5.91 Å². The predicted molar refractivity (Wildman–Crippen MR) is 124 cm³/mol. The van der Waals surface area contributed by atoms with Crippen LogP contribution in [0.3, 0.4) is 0 Å². The lowest BCUT2D eigenvalue weighted by Crippen LogP contribution is -2.28. The molecule has 0 aliphatic heterocycles. The van der Waals surface area contributed by atoms with E-state index in [1.54, 1.807) is 23.7 Å². The SMILES string of the molecule is O=C(NCC1CC1)c1c(NC(=O)C2CC2)sc2c1CC(c1nc3nccnc3[nH]1)CC2.[HH].[HH].[HH]. The zero-order chi connectivity index (χ0) is 20.9. The number of aromatic amines is 1. The van der Waals surface area contributed by atoms with E-state index in [0.717, 1.165) is 43.5 Å². The molecular weight excluding hydrogens is 412 g/mol. The highest BCUT2D eigenvalue weighted by molar-refractivity contribution is 7.17. The highest BCUT2D eigenvalue weighted by Crippen LogP contribution is 2.43. The van der Waals surface area contributed by atoms with Crippen LogP contribution in [0.5, 0.6) is 0 Å². The van der Waals surface area contributed by atoms with E-state index in [9.17, 15) is 9.59 Å². The van der Waals surface area contributed by atoms with Gasteiger partial charge in [0.25, 0.3) is 5.91 Å². The zero-order valence-corrected chi connectivity index (χ0v) is 17.9. The van der Waals surface area contributed by atoms with Crippen molar-refractivity contribution in [1.82, 2.24) is 25.3 Å². The minimum absolute atomic E-state index is 0. The van der Waals surface area contributed by atoms with Gasteiger partial charge in [-0.25, -0.2) is 15.0 Å². The summed E-state index contributed by atoms with van der Waals surface area (Å²) in [6.07, 6.45) is 10.1. The molecule has 9 heteroatoms. The smallest absolute Gasteiger partial charge is 0.254 e. The van der Waals surface area contributed by atoms with Crippen molar-refractivity contribution in [1.29, 1.82) is 0 Å². The number of anilines is 1. The number of imidazole rings is 1. The van der Waals surface area contributed by atoms with Crippen molar-refractivity contribution < 1.29 is 13.9 Å². The first kappa shape index (κ1) is 18.9. The van der Waals surface area contributed by atoms with Crippen molar-refractivity contribution in [2.75, 3.05) is 11.9 Å². The summed E-state index contributed by atoms with van der Waals surface area (Å²) < 4.78 is 0. The Bertz CT molecular complexity index is 1160. The van der Waals surface area contributed by atoms with Gasteiger partial charge in [-0.1, -0.05) is 0 Å². The quantitative estimate of drug-likeness (QED) is 0.536. The Morgan fingerprint density at radius 3 is 2.77 bits per heavy atom. The van der Waals surface area contributed by atoms with E-state index in [1.165, 1.54) is 17.7 Å². The Labute approximate surface area is 187 Å². The summed E-state index contributed by atoms with van der Waals surface area (Å²) in [5.41, 5.74) is 3.02. The standard InChI is InChI=1S/C22H24N6O2S.3H2/c29-20(12-3-4-12)28-22-16(21(30)25-10-11-1-2-11)14-9-13(5-6-15(14)31-22)17-26-18-19(27-17)24-8-7-23-18;;;/h7-8,11-13H,1-6,9-10H2,(H,25,30)(H,28,29)(H,23,24,26,27);3*1H. The van der Waals surface area contributed by atoms with E-state index in [2.05, 4.69) is 30.6 Å². The first-order chi connectivity index (χ1) is 15.2. The van der Waals surface area contributed by atoms with E-state index in [4.69, 9.17) is 0 Å². The number of amides is 2. The third kappa shape index (κ3) is 3.71. The monoisotopic (exact) mass is 442 g/mol. The summed E-state index contributed by atoms with van der Waals surface area (Å²) in [5, 5.41) is 6.88. The zero-order valence-electron chi connectivity index (χ0n) is 17.1. The number of hydrogen-bond donors (Lipinski definition) is 3. The van der Waals surface area contributed by atoms with Crippen molar-refractivity contribution in [3.8, 4) is 0 Å². The molecule has 31 heavy (non-hydrogen) atoms. The fourth-order valence-corrected chi connectivity index (χ4v) is 5.55. The molecule has 1 atom stereocenters. The lowest BCUT2D eigenvalue weighted by atomic mass is 9.85. The van der Waals surface area contributed by atoms with Gasteiger partial charge in [0.15, 0.2) is 11.3 Å². The number of rotatable bonds is 6. The van der Waals surface area contributed by atoms with E-state index >= 15 is 0 Å². The third-order valence-electron chi connectivity index (χ3n) is 6.46. The Balaban J connectivity index is 0.00000108. The van der Waals surface area contributed by atoms with Gasteiger partial charge in [0, 0.05) is 39.9 Å². The molecule has 0 spiro atoms. The van der Waals surface area contributed by atoms with Crippen LogP contribution in [0.4, 0.5) is 5.00 Å². The average molecular weight is 443 g/mol. The number of thiophene rings is 1. The van der Waals surface area contributed by atoms with Crippen LogP contribution in [0.2, 0.25) is 0 Å². The average Bonchev–Trinajstić information content (AvgIpc) is 3.70. The van der Waals surface area contributed by atoms with Crippen LogP contribution in [0.15, 0.2) is 12.4 Å². The molecular formula is C22H30N6O2S. The molecule has 0 aromatic carbocycles. The molecule has 166 valence electrons. The summed E-state index contributed by atoms with van der Waals surface area (Å²) >= 11 is 1.57. The summed E-state index contributed by atoms with van der Waals surface area (Å²) in [6.45, 7) is 0.712. The molecule has 0 radical (unpaired) electrons. The highest BCUT2D eigenvalue weighted by Gasteiger charge is 2.35. The molecule has 3 aromatic heterocycles. The maximum absolute atomic E-state index is 13.2. The molecule has 3 aliphatic carbocycles. The molecule has 3 aromatic rings. The summed E-state index contributed by atoms with van der Waals surface area (Å²) in [6, 6.07) is 0. The molecule has 3 aliphatic rings. The van der Waals surface area contributed by atoms with E-state index in [1.807, 2.05) is 0 Å². The lowest BCUT2D eigenvalue weighted by Gasteiger charge is -2.21. The Kier molecular flexibility index (Phi) is 4.52. The van der Waals surface area contributed by atoms with E-state index < -0.39 is 0 Å². The fourth-order valence-electron chi connectivity index (χ4n) is 4.31. The van der Waals surface area contributed by atoms with Crippen LogP contribution < -0.4 is 10.6 Å². The topological polar surface area (TPSA) is 113 Å². The number of carbonyl (C=O) groups is 2. The first-order valence-corrected chi connectivity index (χ1v) is 11.9. The Hall–Kier alpha value is -2.81. The number of aromatic nitrogens is 4. The number of nitrogens with zero attached hydrogens (tertiary/aromatic N) is 3. The number of carbonyl (C=O) groups excluding carboxylic acids is 2. The van der Waals surface area contributed by atoms with Crippen molar-refractivity contribution in [3.05, 3.63) is 34.2 Å². The fraction of sp³-hybridized carbons (Fsp3) is 0.500. The Morgan fingerprint density at radius 1 is 1.16 bits per heavy atom. The Morgan fingerprint density at radius 2 is 2.00 bits per heavy atom. The van der Waals surface area contributed by atoms with Crippen LogP contribution in [0.25, 0.3) is 11.3 Å². The van der Waals surface area contributed by atoms with Crippen LogP contribution in [0, 0.1) is 11.8 Å². The summed E-state index contributed by atoms with van der Waals surface area (Å²) in [7, 11) is 0.